The maximum Gasteiger partial charge on any atom is 0.310 e. The van der Waals surface area contributed by atoms with E-state index in [9.17, 15) is 28.8 Å². The quantitative estimate of drug-likeness (QED) is 0.307. The van der Waals surface area contributed by atoms with Crippen molar-refractivity contribution in [1.29, 1.82) is 0 Å². The minimum atomic E-state index is -1.03. The molecule has 0 saturated heterocycles. The Morgan fingerprint density at radius 1 is 0.500 bits per heavy atom. The van der Waals surface area contributed by atoms with Gasteiger partial charge in [0.2, 0.25) is 0 Å². The monoisotopic (exact) mass is 438 g/mol. The van der Waals surface area contributed by atoms with Crippen molar-refractivity contribution in [3.63, 3.8) is 0 Å². The first-order chi connectivity index (χ1) is 12.5. The van der Waals surface area contributed by atoms with Crippen LogP contribution in [0, 0.1) is 0 Å². The van der Waals surface area contributed by atoms with E-state index in [1.165, 1.54) is 0 Å². The molecule has 0 spiro atoms. The number of ketones is 3. The van der Waals surface area contributed by atoms with Gasteiger partial charge in [-0.25, -0.2) is 0 Å². The molecule has 0 aromatic rings. The van der Waals surface area contributed by atoms with Crippen LogP contribution in [0.15, 0.2) is 0 Å². The number of hydrogen-bond donors (Lipinski definition) is 3. The Kier molecular flexibility index (Phi) is 27.9. The van der Waals surface area contributed by atoms with Gasteiger partial charge in [0.05, 0.1) is 0 Å². The van der Waals surface area contributed by atoms with Crippen LogP contribution < -0.4 is 0 Å². The van der Waals surface area contributed by atoms with Gasteiger partial charge >= 0.3 is 17.9 Å². The molecule has 0 aromatic heterocycles. The number of carbonyl (C=O) groups is 6. The average Bonchev–Trinajstić information content (AvgIpc) is 2.46. The third-order valence-electron chi connectivity index (χ3n) is 2.63. The zero-order chi connectivity index (χ0) is 21.8. The van der Waals surface area contributed by atoms with Crippen molar-refractivity contribution in [2.45, 2.75) is 78.6 Å². The van der Waals surface area contributed by atoms with Gasteiger partial charge in [-0.05, 0) is 19.3 Å². The molecule has 28 heavy (non-hydrogen) atoms. The van der Waals surface area contributed by atoms with Gasteiger partial charge in [-0.2, -0.15) is 0 Å². The van der Waals surface area contributed by atoms with Gasteiger partial charge in [-0.15, -0.1) is 0 Å². The van der Waals surface area contributed by atoms with Crippen LogP contribution in [0.25, 0.3) is 0 Å². The molecule has 0 aliphatic carbocycles. The molecule has 0 aromatic carbocycles. The summed E-state index contributed by atoms with van der Waals surface area (Å²) in [6.45, 7) is 5.54. The summed E-state index contributed by atoms with van der Waals surface area (Å²) in [6, 6.07) is 0. The van der Waals surface area contributed by atoms with Crippen LogP contribution in [0.5, 0.6) is 0 Å². The fourth-order valence-electron chi connectivity index (χ4n) is 1.61. The molecule has 0 radical (unpaired) electrons. The van der Waals surface area contributed by atoms with Crippen molar-refractivity contribution in [3.8, 4) is 0 Å². The topological polar surface area (TPSA) is 163 Å². The zero-order valence-electron chi connectivity index (χ0n) is 16.7. The van der Waals surface area contributed by atoms with Gasteiger partial charge in [0.1, 0.15) is 36.6 Å². The second-order valence-electron chi connectivity index (χ2n) is 5.58. The Morgan fingerprint density at radius 2 is 0.679 bits per heavy atom. The van der Waals surface area contributed by atoms with E-state index in [-0.39, 0.29) is 58.3 Å². The number of aliphatic carboxylic acids is 3. The molecule has 160 valence electrons. The average molecular weight is 438 g/mol. The van der Waals surface area contributed by atoms with Gasteiger partial charge in [-0.3, -0.25) is 28.8 Å². The van der Waals surface area contributed by atoms with Gasteiger partial charge in [0.15, 0.2) is 0 Å². The molecule has 0 unspecified atom stereocenters. The van der Waals surface area contributed by atoms with E-state index in [1.807, 2.05) is 20.8 Å². The normalized spacial score (nSPS) is 8.68. The number of hydrogen-bond acceptors (Lipinski definition) is 6. The molecule has 0 bridgehead atoms. The fraction of sp³-hybridized carbons (Fsp3) is 0.667. The SMILES string of the molecule is CCCC(=O)CC(=O)O.CCCC(=O)CC(=O)O.CCCC(=O)CC(=O)O.[Ti]. The molecule has 0 amide bonds. The largest absolute Gasteiger partial charge is 0.481 e. The molecule has 0 rings (SSSR count). The molecular weight excluding hydrogens is 408 g/mol. The third-order valence-corrected chi connectivity index (χ3v) is 2.63. The number of rotatable bonds is 12. The first-order valence-corrected chi connectivity index (χ1v) is 8.70. The second kappa shape index (κ2) is 23.2. The molecule has 0 heterocycles. The van der Waals surface area contributed by atoms with Crippen LogP contribution in [0.2, 0.25) is 0 Å². The van der Waals surface area contributed by atoms with Crippen molar-refractivity contribution in [2.75, 3.05) is 0 Å². The predicted molar refractivity (Wildman–Crippen MR) is 96.5 cm³/mol. The predicted octanol–water partition coefficient (Wildman–Crippen LogP) is 2.49. The minimum Gasteiger partial charge on any atom is -0.481 e. The molecule has 0 fully saturated rings. The van der Waals surface area contributed by atoms with Crippen LogP contribution in [0.4, 0.5) is 0 Å². The summed E-state index contributed by atoms with van der Waals surface area (Å²) in [5, 5.41) is 24.3. The Labute approximate surface area is 179 Å². The standard InChI is InChI=1S/3C6H10O3.Ti/c3*1-2-3-5(7)4-6(8)9;/h3*2-4H2,1H3,(H,8,9);. The van der Waals surface area contributed by atoms with Crippen LogP contribution in [0.1, 0.15) is 78.6 Å². The third kappa shape index (κ3) is 35.3. The maximum atomic E-state index is 10.5. The summed E-state index contributed by atoms with van der Waals surface area (Å²) in [5.74, 6) is -3.67. The van der Waals surface area contributed by atoms with Crippen molar-refractivity contribution in [2.24, 2.45) is 0 Å². The van der Waals surface area contributed by atoms with Crippen molar-refractivity contribution in [1.82, 2.24) is 0 Å². The first kappa shape index (κ1) is 33.7. The van der Waals surface area contributed by atoms with Gasteiger partial charge in [0.25, 0.3) is 0 Å². The summed E-state index contributed by atoms with van der Waals surface area (Å²) in [4.78, 5) is 61.0. The summed E-state index contributed by atoms with van der Waals surface area (Å²) in [5.41, 5.74) is 0. The van der Waals surface area contributed by atoms with Crippen molar-refractivity contribution in [3.05, 3.63) is 0 Å². The molecule has 10 heteroatoms. The van der Waals surface area contributed by atoms with E-state index in [1.54, 1.807) is 0 Å². The number of carbonyl (C=O) groups excluding carboxylic acids is 3. The second-order valence-corrected chi connectivity index (χ2v) is 5.58. The van der Waals surface area contributed by atoms with E-state index in [2.05, 4.69) is 0 Å². The molecule has 0 atom stereocenters. The number of Topliss-reactive ketones (excluding diaryl/α,β-unsaturated/α-hetero) is 3. The number of carboxylic acid groups (broad SMARTS) is 3. The van der Waals surface area contributed by atoms with Crippen molar-refractivity contribution >= 4 is 35.3 Å². The summed E-state index contributed by atoms with van der Waals surface area (Å²) < 4.78 is 0. The Bertz CT molecular complexity index is 430. The Hall–Kier alpha value is -1.87. The van der Waals surface area contributed by atoms with Crippen LogP contribution >= 0.6 is 0 Å². The van der Waals surface area contributed by atoms with E-state index in [4.69, 9.17) is 15.3 Å². The summed E-state index contributed by atoms with van der Waals surface area (Å²) >= 11 is 0. The van der Waals surface area contributed by atoms with Gasteiger partial charge in [0, 0.05) is 41.0 Å². The van der Waals surface area contributed by atoms with Crippen LogP contribution in [-0.4, -0.2) is 50.6 Å². The number of carboxylic acids is 3. The maximum absolute atomic E-state index is 10.5. The molecular formula is C18H30O9Ti. The summed E-state index contributed by atoms with van der Waals surface area (Å²) in [7, 11) is 0. The molecule has 0 aliphatic heterocycles. The molecule has 9 nitrogen and oxygen atoms in total. The van der Waals surface area contributed by atoms with Gasteiger partial charge in [-0.1, -0.05) is 20.8 Å². The Balaban J connectivity index is -0.000000152. The zero-order valence-corrected chi connectivity index (χ0v) is 18.2. The van der Waals surface area contributed by atoms with E-state index < -0.39 is 17.9 Å². The van der Waals surface area contributed by atoms with Crippen LogP contribution in [0.3, 0.4) is 0 Å². The molecule has 3 N–H and O–H groups in total. The van der Waals surface area contributed by atoms with E-state index in [0.29, 0.717) is 19.3 Å². The van der Waals surface area contributed by atoms with E-state index >= 15 is 0 Å². The molecule has 0 saturated carbocycles. The molecule has 0 aliphatic rings. The first-order valence-electron chi connectivity index (χ1n) is 8.70. The Morgan fingerprint density at radius 3 is 0.786 bits per heavy atom. The smallest absolute Gasteiger partial charge is 0.310 e. The van der Waals surface area contributed by atoms with Crippen molar-refractivity contribution < 1.29 is 65.8 Å². The fourth-order valence-corrected chi connectivity index (χ4v) is 1.61. The summed E-state index contributed by atoms with van der Waals surface area (Å²) in [6.07, 6.45) is 2.35. The minimum absolute atomic E-state index is 0. The van der Waals surface area contributed by atoms with Crippen LogP contribution in [-0.2, 0) is 50.5 Å². The van der Waals surface area contributed by atoms with E-state index in [0.717, 1.165) is 19.3 Å². The van der Waals surface area contributed by atoms with Gasteiger partial charge < -0.3 is 15.3 Å².